The van der Waals surface area contributed by atoms with E-state index in [-0.39, 0.29) is 10.3 Å². The third-order valence-electron chi connectivity index (χ3n) is 1.61. The van der Waals surface area contributed by atoms with Gasteiger partial charge in [0.2, 0.25) is 0 Å². The number of urea groups is 1. The lowest BCUT2D eigenvalue weighted by Crippen LogP contribution is -2.25. The molecule has 1 aromatic rings. The van der Waals surface area contributed by atoms with E-state index in [1.165, 1.54) is 7.05 Å². The summed E-state index contributed by atoms with van der Waals surface area (Å²) in [4.78, 5) is 14.2. The van der Waals surface area contributed by atoms with Gasteiger partial charge in [-0.15, -0.1) is 0 Å². The van der Waals surface area contributed by atoms with Crippen molar-refractivity contribution < 1.29 is 18.0 Å². The minimum Gasteiger partial charge on any atom is -0.341 e. The lowest BCUT2D eigenvalue weighted by atomic mass is 10.3. The molecule has 88 valence electrons. The van der Waals surface area contributed by atoms with Gasteiger partial charge in [0.1, 0.15) is 10.3 Å². The number of carbonyl (C=O) groups excluding carboxylic acids is 1. The molecule has 0 unspecified atom stereocenters. The molecular formula is C8H7BrF3N3O. The lowest BCUT2D eigenvalue weighted by molar-refractivity contribution is -0.141. The molecule has 4 nitrogen and oxygen atoms in total. The molecule has 0 fully saturated rings. The molecule has 8 heteroatoms. The number of halogens is 4. The topological polar surface area (TPSA) is 54.0 Å². The predicted octanol–water partition coefficient (Wildman–Crippen LogP) is 2.61. The van der Waals surface area contributed by atoms with Gasteiger partial charge in [0.15, 0.2) is 0 Å². The Morgan fingerprint density at radius 1 is 1.44 bits per heavy atom. The van der Waals surface area contributed by atoms with Crippen molar-refractivity contribution in [3.05, 3.63) is 22.4 Å². The smallest absolute Gasteiger partial charge is 0.341 e. The Labute approximate surface area is 97.4 Å². The summed E-state index contributed by atoms with van der Waals surface area (Å²) in [6.07, 6.45) is -4.51. The molecule has 0 aliphatic rings. The van der Waals surface area contributed by atoms with E-state index in [0.717, 1.165) is 12.1 Å². The average Bonchev–Trinajstić information content (AvgIpc) is 2.19. The number of alkyl halides is 3. The second-order valence-corrected chi connectivity index (χ2v) is 3.49. The number of hydrogen-bond donors (Lipinski definition) is 2. The minimum atomic E-state index is -4.51. The first-order valence-electron chi connectivity index (χ1n) is 4.07. The van der Waals surface area contributed by atoms with Crippen LogP contribution in [0.5, 0.6) is 0 Å². The molecule has 0 aromatic carbocycles. The van der Waals surface area contributed by atoms with Crippen LogP contribution in [0.4, 0.5) is 23.7 Å². The van der Waals surface area contributed by atoms with Crippen LogP contribution in [0.2, 0.25) is 0 Å². The molecule has 16 heavy (non-hydrogen) atoms. The van der Waals surface area contributed by atoms with Crippen molar-refractivity contribution >= 4 is 27.6 Å². The van der Waals surface area contributed by atoms with Crippen molar-refractivity contribution in [2.45, 2.75) is 6.18 Å². The third-order valence-corrected chi connectivity index (χ3v) is 2.22. The molecule has 0 radical (unpaired) electrons. The maximum absolute atomic E-state index is 12.2. The second-order valence-electron chi connectivity index (χ2n) is 2.74. The van der Waals surface area contributed by atoms with E-state index in [9.17, 15) is 18.0 Å². The maximum atomic E-state index is 12.2. The quantitative estimate of drug-likeness (QED) is 0.783. The van der Waals surface area contributed by atoms with Crippen LogP contribution in [-0.2, 0) is 6.18 Å². The summed E-state index contributed by atoms with van der Waals surface area (Å²) in [7, 11) is 1.39. The molecule has 0 spiro atoms. The van der Waals surface area contributed by atoms with Crippen LogP contribution in [0.25, 0.3) is 0 Å². The van der Waals surface area contributed by atoms with Gasteiger partial charge in [0.05, 0.1) is 5.69 Å². The third kappa shape index (κ3) is 3.09. The molecule has 1 aromatic heterocycles. The number of nitrogens with zero attached hydrogens (tertiary/aromatic N) is 1. The van der Waals surface area contributed by atoms with E-state index in [1.807, 2.05) is 0 Å². The summed E-state index contributed by atoms with van der Waals surface area (Å²) in [6.45, 7) is 0. The van der Waals surface area contributed by atoms with Gasteiger partial charge in [-0.1, -0.05) is 0 Å². The molecule has 0 bridgehead atoms. The van der Waals surface area contributed by atoms with Crippen molar-refractivity contribution in [3.8, 4) is 0 Å². The van der Waals surface area contributed by atoms with Crippen molar-refractivity contribution in [1.82, 2.24) is 10.3 Å². The normalized spacial score (nSPS) is 11.1. The van der Waals surface area contributed by atoms with Crippen molar-refractivity contribution in [2.24, 2.45) is 0 Å². The summed E-state index contributed by atoms with van der Waals surface area (Å²) < 4.78 is 36.7. The highest BCUT2D eigenvalue weighted by atomic mass is 79.9. The zero-order chi connectivity index (χ0) is 12.3. The Morgan fingerprint density at radius 2 is 2.06 bits per heavy atom. The Kier molecular flexibility index (Phi) is 3.74. The molecule has 0 aliphatic heterocycles. The summed E-state index contributed by atoms with van der Waals surface area (Å²) in [5.41, 5.74) is -0.866. The standard InChI is InChI=1S/C8H7BrF3N3O/c1-13-7(16)14-4-2-3-5(8(10,11)12)15-6(4)9/h2-3H,1H3,(H2,13,14,16). The SMILES string of the molecule is CNC(=O)Nc1ccc(C(F)(F)F)nc1Br. The number of nitrogens with one attached hydrogen (secondary N) is 2. The van der Waals surface area contributed by atoms with Crippen molar-refractivity contribution in [1.29, 1.82) is 0 Å². The van der Waals surface area contributed by atoms with E-state index in [0.29, 0.717) is 0 Å². The van der Waals surface area contributed by atoms with Crippen LogP contribution < -0.4 is 10.6 Å². The van der Waals surface area contributed by atoms with Gasteiger partial charge < -0.3 is 10.6 Å². The van der Waals surface area contributed by atoms with E-state index >= 15 is 0 Å². The molecule has 2 N–H and O–H groups in total. The van der Waals surface area contributed by atoms with Crippen LogP contribution in [0.1, 0.15) is 5.69 Å². The fraction of sp³-hybridized carbons (Fsp3) is 0.250. The molecule has 0 saturated carbocycles. The van der Waals surface area contributed by atoms with Crippen molar-refractivity contribution in [2.75, 3.05) is 12.4 Å². The zero-order valence-corrected chi connectivity index (χ0v) is 9.61. The van der Waals surface area contributed by atoms with Crippen LogP contribution in [0.15, 0.2) is 16.7 Å². The monoisotopic (exact) mass is 297 g/mol. The summed E-state index contributed by atoms with van der Waals surface area (Å²) in [6, 6.07) is 1.37. The Balaban J connectivity index is 2.96. The fourth-order valence-corrected chi connectivity index (χ4v) is 1.29. The highest BCUT2D eigenvalue weighted by Gasteiger charge is 2.32. The lowest BCUT2D eigenvalue weighted by Gasteiger charge is -2.09. The maximum Gasteiger partial charge on any atom is 0.433 e. The molecule has 0 aliphatic carbocycles. The summed E-state index contributed by atoms with van der Waals surface area (Å²) >= 11 is 2.84. The molecule has 0 saturated heterocycles. The van der Waals surface area contributed by atoms with Gasteiger partial charge in [-0.05, 0) is 28.1 Å². The minimum absolute atomic E-state index is 0.0778. The van der Waals surface area contributed by atoms with Crippen LogP contribution >= 0.6 is 15.9 Å². The van der Waals surface area contributed by atoms with E-state index in [4.69, 9.17) is 0 Å². The highest BCUT2D eigenvalue weighted by Crippen LogP contribution is 2.30. The molecule has 1 heterocycles. The Hall–Kier alpha value is -1.31. The van der Waals surface area contributed by atoms with Gasteiger partial charge >= 0.3 is 12.2 Å². The Bertz CT molecular complexity index is 408. The number of amides is 2. The van der Waals surface area contributed by atoms with Gasteiger partial charge in [-0.3, -0.25) is 0 Å². The molecule has 2 amide bonds. The van der Waals surface area contributed by atoms with E-state index < -0.39 is 17.9 Å². The van der Waals surface area contributed by atoms with Crippen molar-refractivity contribution in [3.63, 3.8) is 0 Å². The van der Waals surface area contributed by atoms with E-state index in [1.54, 1.807) is 0 Å². The molecule has 1 rings (SSSR count). The largest absolute Gasteiger partial charge is 0.433 e. The molecule has 0 atom stereocenters. The van der Waals surface area contributed by atoms with Crippen LogP contribution in [0, 0.1) is 0 Å². The van der Waals surface area contributed by atoms with Gasteiger partial charge in [0.25, 0.3) is 0 Å². The zero-order valence-electron chi connectivity index (χ0n) is 8.02. The predicted molar refractivity (Wildman–Crippen MR) is 55.0 cm³/mol. The van der Waals surface area contributed by atoms with Gasteiger partial charge in [-0.2, -0.15) is 13.2 Å². The number of hydrogen-bond acceptors (Lipinski definition) is 2. The first kappa shape index (κ1) is 12.8. The number of carbonyl (C=O) groups is 1. The fourth-order valence-electron chi connectivity index (χ4n) is 0.870. The average molecular weight is 298 g/mol. The van der Waals surface area contributed by atoms with Crippen LogP contribution in [-0.4, -0.2) is 18.1 Å². The second kappa shape index (κ2) is 4.69. The highest BCUT2D eigenvalue weighted by molar-refractivity contribution is 9.10. The van der Waals surface area contributed by atoms with E-state index in [2.05, 4.69) is 31.5 Å². The van der Waals surface area contributed by atoms with Crippen LogP contribution in [0.3, 0.4) is 0 Å². The first-order chi connectivity index (χ1) is 7.34. The van der Waals surface area contributed by atoms with Gasteiger partial charge in [-0.25, -0.2) is 9.78 Å². The molecular weight excluding hydrogens is 291 g/mol. The number of rotatable bonds is 1. The summed E-state index contributed by atoms with van der Waals surface area (Å²) in [5, 5.41) is 4.58. The number of aromatic nitrogens is 1. The summed E-state index contributed by atoms with van der Waals surface area (Å²) in [5.74, 6) is 0. The first-order valence-corrected chi connectivity index (χ1v) is 4.86. The van der Waals surface area contributed by atoms with Gasteiger partial charge in [0, 0.05) is 7.05 Å². The Morgan fingerprint density at radius 3 is 2.50 bits per heavy atom. The number of anilines is 1. The number of pyridine rings is 1.